The quantitative estimate of drug-likeness (QED) is 0.324. The predicted molar refractivity (Wildman–Crippen MR) is 76.5 cm³/mol. The Morgan fingerprint density at radius 1 is 1.47 bits per heavy atom. The van der Waals surface area contributed by atoms with E-state index in [-0.39, 0.29) is 17.3 Å². The van der Waals surface area contributed by atoms with E-state index in [1.165, 1.54) is 6.07 Å². The fraction of sp³-hybridized carbons (Fsp3) is 0.364. The van der Waals surface area contributed by atoms with E-state index in [4.69, 9.17) is 10.9 Å². The van der Waals surface area contributed by atoms with E-state index in [1.807, 2.05) is 0 Å². The zero-order valence-corrected chi connectivity index (χ0v) is 13.0. The highest BCUT2D eigenvalue weighted by molar-refractivity contribution is 9.10. The minimum absolute atomic E-state index is 0.0204. The maximum atomic E-state index is 12.1. The van der Waals surface area contributed by atoms with Crippen molar-refractivity contribution in [3.8, 4) is 0 Å². The average molecular weight is 350 g/mol. The van der Waals surface area contributed by atoms with E-state index in [0.29, 0.717) is 4.47 Å². The van der Waals surface area contributed by atoms with Gasteiger partial charge in [-0.05, 0) is 28.1 Å². The zero-order valence-electron chi connectivity index (χ0n) is 10.6. The highest BCUT2D eigenvalue weighted by Crippen LogP contribution is 2.22. The highest BCUT2D eigenvalue weighted by Gasteiger charge is 2.27. The lowest BCUT2D eigenvalue weighted by atomic mass is 9.93. The predicted octanol–water partition coefficient (Wildman–Crippen LogP) is 1.50. The van der Waals surface area contributed by atoms with Gasteiger partial charge in [0.25, 0.3) is 0 Å². The van der Waals surface area contributed by atoms with E-state index in [0.717, 1.165) is 0 Å². The molecule has 1 rings (SSSR count). The number of nitrogens with two attached hydrogens (primary N) is 1. The minimum Gasteiger partial charge on any atom is -0.409 e. The largest absolute Gasteiger partial charge is 0.409 e. The van der Waals surface area contributed by atoms with Gasteiger partial charge in [-0.15, -0.1) is 0 Å². The topological polar surface area (TPSA) is 105 Å². The summed E-state index contributed by atoms with van der Waals surface area (Å²) in [7, 11) is -3.65. The molecule has 0 aliphatic carbocycles. The van der Waals surface area contributed by atoms with Gasteiger partial charge in [0.1, 0.15) is 5.84 Å². The summed E-state index contributed by atoms with van der Waals surface area (Å²) in [5.41, 5.74) is 4.72. The van der Waals surface area contributed by atoms with Gasteiger partial charge in [-0.3, -0.25) is 0 Å². The Labute approximate surface area is 120 Å². The first-order valence-corrected chi connectivity index (χ1v) is 7.70. The Balaban J connectivity index is 2.92. The van der Waals surface area contributed by atoms with Crippen LogP contribution in [0.4, 0.5) is 0 Å². The van der Waals surface area contributed by atoms with Crippen LogP contribution in [0.1, 0.15) is 13.8 Å². The van der Waals surface area contributed by atoms with Crippen LogP contribution in [0.3, 0.4) is 0 Å². The number of benzene rings is 1. The molecular formula is C11H16BrN3O3S. The van der Waals surface area contributed by atoms with Crippen molar-refractivity contribution in [1.82, 2.24) is 4.72 Å². The molecule has 1 aromatic carbocycles. The van der Waals surface area contributed by atoms with Gasteiger partial charge >= 0.3 is 0 Å². The molecule has 0 aromatic heterocycles. The standard InChI is InChI=1S/C11H16BrN3O3S/c1-11(2,10(13)15-16)7-14-19(17,18)9-6-4-3-5-8(9)12/h3-6,14,16H,7H2,1-2H3,(H2,13,15). The average Bonchev–Trinajstić information content (AvgIpc) is 2.36. The summed E-state index contributed by atoms with van der Waals surface area (Å²) in [6.45, 7) is 3.36. The molecule has 0 aliphatic rings. The molecule has 0 amide bonds. The number of nitrogens with one attached hydrogen (secondary N) is 1. The molecule has 0 saturated carbocycles. The van der Waals surface area contributed by atoms with Gasteiger partial charge in [-0.1, -0.05) is 31.1 Å². The highest BCUT2D eigenvalue weighted by atomic mass is 79.9. The third-order valence-electron chi connectivity index (χ3n) is 2.63. The number of amidine groups is 1. The first-order chi connectivity index (χ1) is 8.70. The Bertz CT molecular complexity index is 585. The van der Waals surface area contributed by atoms with Gasteiger partial charge in [0.2, 0.25) is 10.0 Å². The van der Waals surface area contributed by atoms with Crippen molar-refractivity contribution in [1.29, 1.82) is 0 Å². The number of hydrogen-bond acceptors (Lipinski definition) is 4. The SMILES string of the molecule is CC(C)(CNS(=O)(=O)c1ccccc1Br)/C(N)=N/O. The molecule has 0 radical (unpaired) electrons. The van der Waals surface area contributed by atoms with E-state index in [2.05, 4.69) is 25.8 Å². The molecule has 0 unspecified atom stereocenters. The number of sulfonamides is 1. The first-order valence-electron chi connectivity index (χ1n) is 5.43. The summed E-state index contributed by atoms with van der Waals surface area (Å²) in [4.78, 5) is 0.144. The maximum Gasteiger partial charge on any atom is 0.241 e. The lowest BCUT2D eigenvalue weighted by molar-refractivity contribution is 0.307. The fourth-order valence-electron chi connectivity index (χ4n) is 1.24. The Morgan fingerprint density at radius 3 is 2.58 bits per heavy atom. The number of hydrogen-bond donors (Lipinski definition) is 3. The number of rotatable bonds is 5. The van der Waals surface area contributed by atoms with Crippen LogP contribution < -0.4 is 10.5 Å². The Kier molecular flexibility index (Phi) is 4.94. The van der Waals surface area contributed by atoms with E-state index >= 15 is 0 Å². The normalized spacial score (nSPS) is 13.5. The van der Waals surface area contributed by atoms with Crippen LogP contribution >= 0.6 is 15.9 Å². The monoisotopic (exact) mass is 349 g/mol. The van der Waals surface area contributed by atoms with Gasteiger partial charge in [-0.25, -0.2) is 13.1 Å². The Morgan fingerprint density at radius 2 is 2.05 bits per heavy atom. The smallest absolute Gasteiger partial charge is 0.241 e. The van der Waals surface area contributed by atoms with Gasteiger partial charge in [0.15, 0.2) is 0 Å². The van der Waals surface area contributed by atoms with Crippen LogP contribution in [-0.2, 0) is 10.0 Å². The van der Waals surface area contributed by atoms with Crippen molar-refractivity contribution in [2.24, 2.45) is 16.3 Å². The maximum absolute atomic E-state index is 12.1. The van der Waals surface area contributed by atoms with Crippen LogP contribution in [0.2, 0.25) is 0 Å². The van der Waals surface area contributed by atoms with Gasteiger partial charge in [-0.2, -0.15) is 0 Å². The summed E-state index contributed by atoms with van der Waals surface area (Å²) >= 11 is 3.19. The summed E-state index contributed by atoms with van der Waals surface area (Å²) in [5, 5.41) is 11.5. The molecule has 0 heterocycles. The second kappa shape index (κ2) is 5.89. The van der Waals surface area contributed by atoms with Crippen molar-refractivity contribution in [2.75, 3.05) is 6.54 Å². The van der Waals surface area contributed by atoms with Crippen LogP contribution in [-0.4, -0.2) is 26.0 Å². The fourth-order valence-corrected chi connectivity index (χ4v) is 3.45. The third-order valence-corrected chi connectivity index (χ3v) is 5.04. The second-order valence-corrected chi connectivity index (χ2v) is 7.21. The van der Waals surface area contributed by atoms with Crippen LogP contribution in [0.5, 0.6) is 0 Å². The molecule has 106 valence electrons. The molecule has 6 nitrogen and oxygen atoms in total. The molecule has 0 atom stereocenters. The summed E-state index contributed by atoms with van der Waals surface area (Å²) in [5.74, 6) is -0.0395. The number of oxime groups is 1. The second-order valence-electron chi connectivity index (χ2n) is 4.62. The van der Waals surface area contributed by atoms with Crippen molar-refractivity contribution < 1.29 is 13.6 Å². The molecule has 1 aromatic rings. The van der Waals surface area contributed by atoms with Crippen LogP contribution in [0.25, 0.3) is 0 Å². The van der Waals surface area contributed by atoms with Gasteiger partial charge in [0, 0.05) is 16.4 Å². The van der Waals surface area contributed by atoms with Crippen LogP contribution in [0, 0.1) is 5.41 Å². The Hall–Kier alpha value is -1.12. The zero-order chi connectivity index (χ0) is 14.7. The third kappa shape index (κ3) is 3.92. The van der Waals surface area contributed by atoms with Crippen molar-refractivity contribution in [2.45, 2.75) is 18.7 Å². The van der Waals surface area contributed by atoms with Crippen molar-refractivity contribution in [3.63, 3.8) is 0 Å². The molecule has 8 heteroatoms. The van der Waals surface area contributed by atoms with E-state index < -0.39 is 15.4 Å². The molecular weight excluding hydrogens is 334 g/mol. The molecule has 19 heavy (non-hydrogen) atoms. The lowest BCUT2D eigenvalue weighted by Gasteiger charge is -2.23. The van der Waals surface area contributed by atoms with E-state index in [1.54, 1.807) is 32.0 Å². The minimum atomic E-state index is -3.65. The van der Waals surface area contributed by atoms with Crippen LogP contribution in [0.15, 0.2) is 38.8 Å². The molecule has 0 bridgehead atoms. The molecule has 0 aliphatic heterocycles. The number of halogens is 1. The first kappa shape index (κ1) is 15.9. The molecule has 4 N–H and O–H groups in total. The number of nitrogens with zero attached hydrogens (tertiary/aromatic N) is 1. The summed E-state index contributed by atoms with van der Waals surface area (Å²) < 4.78 is 27.2. The summed E-state index contributed by atoms with van der Waals surface area (Å²) in [6, 6.07) is 6.49. The lowest BCUT2D eigenvalue weighted by Crippen LogP contribution is -2.42. The molecule has 0 spiro atoms. The summed E-state index contributed by atoms with van der Waals surface area (Å²) in [6.07, 6.45) is 0. The molecule has 0 saturated heterocycles. The van der Waals surface area contributed by atoms with Gasteiger partial charge in [0.05, 0.1) is 4.90 Å². The van der Waals surface area contributed by atoms with E-state index in [9.17, 15) is 8.42 Å². The molecule has 0 fully saturated rings. The van der Waals surface area contributed by atoms with Crippen molar-refractivity contribution >= 4 is 31.8 Å². The van der Waals surface area contributed by atoms with Crippen molar-refractivity contribution in [3.05, 3.63) is 28.7 Å². The van der Waals surface area contributed by atoms with Gasteiger partial charge < -0.3 is 10.9 Å².